The maximum absolute atomic E-state index is 2.60. The molecule has 0 bridgehead atoms. The molecule has 0 spiro atoms. The Labute approximate surface area is 712 Å². The molecule has 21 aromatic rings. The molecule has 0 saturated carbocycles. The molecule has 0 amide bonds. The van der Waals surface area contributed by atoms with Crippen molar-refractivity contribution in [2.24, 2.45) is 0 Å². The van der Waals surface area contributed by atoms with Crippen molar-refractivity contribution < 1.29 is 0 Å². The first-order valence-electron chi connectivity index (χ1n) is 43.7. The van der Waals surface area contributed by atoms with Crippen molar-refractivity contribution in [3.8, 4) is 89.0 Å². The molecule has 2 aliphatic rings. The largest absolute Gasteiger partial charge is 0.0622 e. The van der Waals surface area contributed by atoms with Gasteiger partial charge in [0, 0.05) is 0 Å². The highest BCUT2D eigenvalue weighted by Gasteiger charge is 2.32. The maximum atomic E-state index is 2.60. The van der Waals surface area contributed by atoms with Crippen molar-refractivity contribution in [1.29, 1.82) is 0 Å². The van der Waals surface area contributed by atoms with Crippen molar-refractivity contribution in [2.75, 3.05) is 0 Å². The zero-order chi connectivity index (χ0) is 82.7. The number of benzene rings is 21. The normalized spacial score (nSPS) is 12.8. The lowest BCUT2D eigenvalue weighted by atomic mass is 9.77. The van der Waals surface area contributed by atoms with Crippen LogP contribution in [-0.2, 0) is 21.7 Å². The minimum absolute atomic E-state index is 0.142. The summed E-state index contributed by atoms with van der Waals surface area (Å²) in [5.41, 5.74) is 24.5. The van der Waals surface area contributed by atoms with Crippen LogP contribution in [0.25, 0.3) is 197 Å². The molecule has 0 atom stereocenters. The summed E-state index contributed by atoms with van der Waals surface area (Å²) in [5.74, 6) is 0. The highest BCUT2D eigenvalue weighted by molar-refractivity contribution is 6.27. The molecule has 0 heteroatoms. The first-order valence-corrected chi connectivity index (χ1v) is 43.7. The molecule has 23 rings (SSSR count). The Bertz CT molecular complexity index is 8040. The van der Waals surface area contributed by atoms with Gasteiger partial charge in [-0.15, -0.1) is 0 Å². The minimum Gasteiger partial charge on any atom is -0.0622 e. The fourth-order valence-electron chi connectivity index (χ4n) is 21.3. The van der Waals surface area contributed by atoms with E-state index in [1.807, 2.05) is 0 Å². The van der Waals surface area contributed by atoms with E-state index in [9.17, 15) is 0 Å². The van der Waals surface area contributed by atoms with Gasteiger partial charge in [0.05, 0.1) is 0 Å². The fourth-order valence-corrected chi connectivity index (χ4v) is 21.3. The second-order valence-electron chi connectivity index (χ2n) is 38.9. The van der Waals surface area contributed by atoms with Crippen LogP contribution < -0.4 is 0 Å². The fraction of sp³-hybridized carbons (Fsp3) is 0.131. The minimum atomic E-state index is -0.142. The molecule has 0 aromatic heterocycles. The highest BCUT2D eigenvalue weighted by atomic mass is 14.3. The monoisotopic (exact) mass is 1560 g/mol. The molecule has 0 heterocycles. The van der Waals surface area contributed by atoms with Gasteiger partial charge >= 0.3 is 0 Å². The molecule has 0 N–H and O–H groups in total. The Morgan fingerprint density at radius 1 is 0.139 bits per heavy atom. The predicted octanol–water partition coefficient (Wildman–Crippen LogP) is 33.5. The van der Waals surface area contributed by atoms with E-state index in [1.54, 1.807) is 0 Å². The Balaban J connectivity index is 0.952. The predicted molar refractivity (Wildman–Crippen MR) is 523 cm³/mol. The Morgan fingerprint density at radius 3 is 0.598 bits per heavy atom. The van der Waals surface area contributed by atoms with Crippen LogP contribution >= 0.6 is 0 Å². The SMILES string of the molecule is CC(C)(C)c1cc(-c2c3c(c(-c4cc(C(C)(C)C)cc(C(C)(C)C)c4)c4cc5ccccc5cc24)=c2ccc4c5c(ccc=3c25)=c2c(-c3ccc5c(-c6ccccc6)c6cc7ccccc7cc6c(-c6ccccc6)c5c3)c3ccccc3c(-c3ccc5c(-c6ccccc6)c6cc7ccccc7cc6c(-c6ccccc6)c5c3)c2=4)cc(C(C)(C)C)c1. The van der Waals surface area contributed by atoms with Gasteiger partial charge in [-0.05, 0) is 331 Å². The maximum Gasteiger partial charge on any atom is -0.000740 e. The molecule has 0 fully saturated rings. The van der Waals surface area contributed by atoms with Crippen molar-refractivity contribution in [3.05, 3.63) is 416 Å². The summed E-state index contributed by atoms with van der Waals surface area (Å²) >= 11 is 0. The van der Waals surface area contributed by atoms with Gasteiger partial charge in [0.15, 0.2) is 0 Å². The Kier molecular flexibility index (Phi) is 16.2. The van der Waals surface area contributed by atoms with Crippen LogP contribution in [0.5, 0.6) is 0 Å². The molecule has 0 radical (unpaired) electrons. The molecule has 582 valence electrons. The second kappa shape index (κ2) is 26.9. The smallest absolute Gasteiger partial charge is 0.000740 e. The summed E-state index contributed by atoms with van der Waals surface area (Å²) in [6.45, 7) is 28.7. The van der Waals surface area contributed by atoms with Gasteiger partial charge in [0.2, 0.25) is 0 Å². The van der Waals surface area contributed by atoms with Crippen molar-refractivity contribution >= 4 is 108 Å². The summed E-state index contributed by atoms with van der Waals surface area (Å²) in [7, 11) is 0. The summed E-state index contributed by atoms with van der Waals surface area (Å²) in [5, 5.41) is 35.0. The van der Waals surface area contributed by atoms with Gasteiger partial charge in [-0.2, -0.15) is 0 Å². The lowest BCUT2D eigenvalue weighted by molar-refractivity contribution is 0.568. The lowest BCUT2D eigenvalue weighted by Gasteiger charge is -2.28. The average molecular weight is 1560 g/mol. The molecule has 0 nitrogen and oxygen atoms in total. The first-order chi connectivity index (χ1) is 59.1. The van der Waals surface area contributed by atoms with Gasteiger partial charge in [-0.25, -0.2) is 0 Å². The molecule has 0 unspecified atom stereocenters. The van der Waals surface area contributed by atoms with Gasteiger partial charge in [-0.3, -0.25) is 0 Å². The molecular formula is C122H94. The third-order valence-electron chi connectivity index (χ3n) is 27.3. The van der Waals surface area contributed by atoms with Crippen molar-refractivity contribution in [3.63, 3.8) is 0 Å². The van der Waals surface area contributed by atoms with E-state index in [1.165, 1.54) is 261 Å². The van der Waals surface area contributed by atoms with E-state index in [0.29, 0.717) is 0 Å². The van der Waals surface area contributed by atoms with Gasteiger partial charge in [0.1, 0.15) is 0 Å². The summed E-state index contributed by atoms with van der Waals surface area (Å²) in [6.07, 6.45) is 0. The van der Waals surface area contributed by atoms with E-state index in [-0.39, 0.29) is 21.7 Å². The number of hydrogen-bond donors (Lipinski definition) is 0. The molecule has 2 aliphatic carbocycles. The summed E-state index contributed by atoms with van der Waals surface area (Å²) in [4.78, 5) is 0. The number of fused-ring (bicyclic) bond motifs is 11. The highest BCUT2D eigenvalue weighted by Crippen LogP contribution is 2.54. The van der Waals surface area contributed by atoms with Crippen LogP contribution in [0, 0.1) is 41.7 Å². The van der Waals surface area contributed by atoms with Crippen LogP contribution in [0.4, 0.5) is 0 Å². The van der Waals surface area contributed by atoms with Crippen molar-refractivity contribution in [2.45, 2.75) is 105 Å². The standard InChI is InChI=1S/C122H94/c1-119(2,3)85-57-83(58-86(69-85)120(4,5)6)111-103-65-79-45-29-30-46-80(79)66-104(103)112(84-59-87(121(7,8)9)70-88(60-84)122(10,11)12)118-96-56-54-94-113-93(53-55-95(114(96)113)117(111)118)115-109(81-49-51-91-97(67-81)107(73-37-21-15-22-38-73)101-63-77-43-27-25-41-75(77)61-99(101)105(91)71-33-17-13-18-34-71)89-47-31-32-48-90(89)110(116(94)115)82-50-52-92-98(68-82)108(74-39-23-16-24-40-74)102-64-78-44-28-26-42-76(78)62-100(102)106(92)72-35-19-14-20-36-72/h13-70H,1-12H3. The first kappa shape index (κ1) is 73.4. The molecular weight excluding hydrogens is 1470 g/mol. The average Bonchev–Trinajstić information content (AvgIpc) is 1.51. The van der Waals surface area contributed by atoms with Gasteiger partial charge in [0.25, 0.3) is 0 Å². The number of rotatable bonds is 8. The molecule has 0 saturated heterocycles. The summed E-state index contributed by atoms with van der Waals surface area (Å²) < 4.78 is 0. The molecule has 122 heavy (non-hydrogen) atoms. The number of hydrogen-bond acceptors (Lipinski definition) is 0. The van der Waals surface area contributed by atoms with E-state index < -0.39 is 0 Å². The molecule has 21 aromatic carbocycles. The van der Waals surface area contributed by atoms with E-state index in [2.05, 4.69) is 435 Å². The van der Waals surface area contributed by atoms with Crippen LogP contribution in [-0.4, -0.2) is 0 Å². The molecule has 0 aliphatic heterocycles. The van der Waals surface area contributed by atoms with Crippen LogP contribution in [0.15, 0.2) is 352 Å². The van der Waals surface area contributed by atoms with Crippen LogP contribution in [0.2, 0.25) is 0 Å². The third kappa shape index (κ3) is 11.3. The van der Waals surface area contributed by atoms with Crippen molar-refractivity contribution in [1.82, 2.24) is 0 Å². The van der Waals surface area contributed by atoms with E-state index >= 15 is 0 Å². The quantitative estimate of drug-likeness (QED) is 0.133. The lowest BCUT2D eigenvalue weighted by Crippen LogP contribution is -2.17. The second-order valence-corrected chi connectivity index (χ2v) is 38.9. The Hall–Kier alpha value is -13.8. The van der Waals surface area contributed by atoms with E-state index in [0.717, 1.165) is 0 Å². The van der Waals surface area contributed by atoms with Gasteiger partial charge in [-0.1, -0.05) is 386 Å². The zero-order valence-corrected chi connectivity index (χ0v) is 71.5. The van der Waals surface area contributed by atoms with Crippen LogP contribution in [0.1, 0.15) is 105 Å². The van der Waals surface area contributed by atoms with Gasteiger partial charge < -0.3 is 0 Å². The Morgan fingerprint density at radius 2 is 0.344 bits per heavy atom. The van der Waals surface area contributed by atoms with Crippen LogP contribution in [0.3, 0.4) is 0 Å². The zero-order valence-electron chi connectivity index (χ0n) is 71.5. The third-order valence-corrected chi connectivity index (χ3v) is 27.3. The van der Waals surface area contributed by atoms with E-state index in [4.69, 9.17) is 0 Å². The summed E-state index contributed by atoms with van der Waals surface area (Å²) in [6, 6.07) is 137. The topological polar surface area (TPSA) is 0 Å².